The van der Waals surface area contributed by atoms with Crippen molar-refractivity contribution in [2.24, 2.45) is 11.1 Å². The van der Waals surface area contributed by atoms with E-state index in [0.717, 1.165) is 18.4 Å². The summed E-state index contributed by atoms with van der Waals surface area (Å²) < 4.78 is 0. The predicted molar refractivity (Wildman–Crippen MR) is 77.5 cm³/mol. The van der Waals surface area contributed by atoms with E-state index in [-0.39, 0.29) is 11.5 Å². The molecular weight excluding hydrogens is 220 g/mol. The van der Waals surface area contributed by atoms with Gasteiger partial charge in [-0.05, 0) is 36.0 Å². The molecule has 0 aliphatic rings. The fourth-order valence-corrected chi connectivity index (χ4v) is 2.02. The van der Waals surface area contributed by atoms with Crippen molar-refractivity contribution in [3.8, 4) is 0 Å². The SMILES string of the molecule is CC(C)(C)C(N)CCc1ccc2cccnc2c1. The first-order chi connectivity index (χ1) is 8.47. The van der Waals surface area contributed by atoms with Crippen molar-refractivity contribution in [1.29, 1.82) is 0 Å². The minimum Gasteiger partial charge on any atom is -0.327 e. The highest BCUT2D eigenvalue weighted by atomic mass is 14.7. The fraction of sp³-hybridized carbons (Fsp3) is 0.438. The molecular formula is C16H22N2. The van der Waals surface area contributed by atoms with E-state index in [1.165, 1.54) is 10.9 Å². The number of fused-ring (bicyclic) bond motifs is 1. The number of nitrogens with two attached hydrogens (primary N) is 1. The third kappa shape index (κ3) is 3.08. The normalized spacial score (nSPS) is 13.8. The lowest BCUT2D eigenvalue weighted by molar-refractivity contribution is 0.306. The highest BCUT2D eigenvalue weighted by Gasteiger charge is 2.19. The van der Waals surface area contributed by atoms with Crippen LogP contribution in [-0.4, -0.2) is 11.0 Å². The van der Waals surface area contributed by atoms with Gasteiger partial charge in [0.05, 0.1) is 5.52 Å². The zero-order chi connectivity index (χ0) is 13.2. The van der Waals surface area contributed by atoms with E-state index in [0.29, 0.717) is 0 Å². The summed E-state index contributed by atoms with van der Waals surface area (Å²) in [5, 5.41) is 1.20. The number of pyridine rings is 1. The fourth-order valence-electron chi connectivity index (χ4n) is 2.02. The van der Waals surface area contributed by atoms with Crippen molar-refractivity contribution >= 4 is 10.9 Å². The van der Waals surface area contributed by atoms with Crippen LogP contribution in [0.2, 0.25) is 0 Å². The molecule has 2 aromatic rings. The Balaban J connectivity index is 2.08. The van der Waals surface area contributed by atoms with Crippen LogP contribution in [0.5, 0.6) is 0 Å². The van der Waals surface area contributed by atoms with Crippen LogP contribution < -0.4 is 5.73 Å². The first-order valence-corrected chi connectivity index (χ1v) is 6.56. The minimum atomic E-state index is 0.176. The average molecular weight is 242 g/mol. The quantitative estimate of drug-likeness (QED) is 0.894. The van der Waals surface area contributed by atoms with Gasteiger partial charge in [0.2, 0.25) is 0 Å². The van der Waals surface area contributed by atoms with Crippen molar-refractivity contribution in [2.45, 2.75) is 39.7 Å². The van der Waals surface area contributed by atoms with Gasteiger partial charge in [-0.1, -0.05) is 39.0 Å². The Labute approximate surface area is 109 Å². The molecule has 0 saturated carbocycles. The minimum absolute atomic E-state index is 0.176. The van der Waals surface area contributed by atoms with E-state index in [4.69, 9.17) is 5.73 Å². The monoisotopic (exact) mass is 242 g/mol. The van der Waals surface area contributed by atoms with Gasteiger partial charge < -0.3 is 5.73 Å². The molecule has 2 nitrogen and oxygen atoms in total. The Morgan fingerprint density at radius 2 is 2.00 bits per heavy atom. The summed E-state index contributed by atoms with van der Waals surface area (Å²) in [6.07, 6.45) is 3.87. The number of nitrogens with zero attached hydrogens (tertiary/aromatic N) is 1. The van der Waals surface area contributed by atoms with Crippen LogP contribution in [0, 0.1) is 5.41 Å². The number of benzene rings is 1. The van der Waals surface area contributed by atoms with Crippen molar-refractivity contribution in [3.05, 3.63) is 42.1 Å². The molecule has 0 spiro atoms. The van der Waals surface area contributed by atoms with Gasteiger partial charge in [-0.3, -0.25) is 4.98 Å². The lowest BCUT2D eigenvalue weighted by Crippen LogP contribution is -2.35. The van der Waals surface area contributed by atoms with Crippen LogP contribution in [-0.2, 0) is 6.42 Å². The first-order valence-electron chi connectivity index (χ1n) is 6.56. The molecule has 0 radical (unpaired) electrons. The Bertz CT molecular complexity index is 526. The van der Waals surface area contributed by atoms with Crippen molar-refractivity contribution in [1.82, 2.24) is 4.98 Å². The third-order valence-electron chi connectivity index (χ3n) is 3.53. The summed E-state index contributed by atoms with van der Waals surface area (Å²) in [7, 11) is 0. The highest BCUT2D eigenvalue weighted by molar-refractivity contribution is 5.78. The van der Waals surface area contributed by atoms with Gasteiger partial charge in [0.15, 0.2) is 0 Å². The second-order valence-electron chi connectivity index (χ2n) is 6.04. The van der Waals surface area contributed by atoms with Crippen molar-refractivity contribution in [3.63, 3.8) is 0 Å². The maximum Gasteiger partial charge on any atom is 0.0704 e. The number of hydrogen-bond donors (Lipinski definition) is 1. The Morgan fingerprint density at radius 3 is 2.72 bits per heavy atom. The molecule has 0 bridgehead atoms. The number of rotatable bonds is 3. The van der Waals surface area contributed by atoms with Gasteiger partial charge in [0.25, 0.3) is 0 Å². The molecule has 1 unspecified atom stereocenters. The summed E-state index contributed by atoms with van der Waals surface area (Å²) in [6.45, 7) is 6.58. The number of hydrogen-bond acceptors (Lipinski definition) is 2. The zero-order valence-electron chi connectivity index (χ0n) is 11.5. The van der Waals surface area contributed by atoms with Gasteiger partial charge >= 0.3 is 0 Å². The summed E-state index contributed by atoms with van der Waals surface area (Å²) in [6, 6.07) is 10.8. The largest absolute Gasteiger partial charge is 0.327 e. The van der Waals surface area contributed by atoms with Crippen LogP contribution in [0.15, 0.2) is 36.5 Å². The van der Waals surface area contributed by atoms with E-state index >= 15 is 0 Å². The number of aryl methyl sites for hydroxylation is 1. The molecule has 0 amide bonds. The lowest BCUT2D eigenvalue weighted by atomic mass is 9.84. The maximum atomic E-state index is 6.20. The van der Waals surface area contributed by atoms with Crippen LogP contribution in [0.3, 0.4) is 0 Å². The third-order valence-corrected chi connectivity index (χ3v) is 3.53. The van der Waals surface area contributed by atoms with Crippen LogP contribution >= 0.6 is 0 Å². The molecule has 2 heteroatoms. The molecule has 0 aliphatic heterocycles. The van der Waals surface area contributed by atoms with Crippen LogP contribution in [0.1, 0.15) is 32.8 Å². The smallest absolute Gasteiger partial charge is 0.0704 e. The topological polar surface area (TPSA) is 38.9 Å². The summed E-state index contributed by atoms with van der Waals surface area (Å²) in [5.74, 6) is 0. The van der Waals surface area contributed by atoms with E-state index in [9.17, 15) is 0 Å². The summed E-state index contributed by atoms with van der Waals surface area (Å²) >= 11 is 0. The van der Waals surface area contributed by atoms with Crippen molar-refractivity contribution < 1.29 is 0 Å². The summed E-state index contributed by atoms with van der Waals surface area (Å²) in [4.78, 5) is 4.39. The highest BCUT2D eigenvalue weighted by Crippen LogP contribution is 2.22. The van der Waals surface area contributed by atoms with E-state index < -0.39 is 0 Å². The molecule has 1 aromatic heterocycles. The first kappa shape index (κ1) is 13.0. The molecule has 1 aromatic carbocycles. The molecule has 2 rings (SSSR count). The van der Waals surface area contributed by atoms with E-state index in [1.807, 2.05) is 12.3 Å². The van der Waals surface area contributed by atoms with Crippen LogP contribution in [0.4, 0.5) is 0 Å². The predicted octanol–water partition coefficient (Wildman–Crippen LogP) is 3.54. The summed E-state index contributed by atoms with van der Waals surface area (Å²) in [5.41, 5.74) is 8.76. The second-order valence-corrected chi connectivity index (χ2v) is 6.04. The van der Waals surface area contributed by atoms with Gasteiger partial charge in [-0.2, -0.15) is 0 Å². The molecule has 0 saturated heterocycles. The Morgan fingerprint density at radius 1 is 1.22 bits per heavy atom. The van der Waals surface area contributed by atoms with Gasteiger partial charge in [0, 0.05) is 17.6 Å². The Hall–Kier alpha value is -1.41. The lowest BCUT2D eigenvalue weighted by Gasteiger charge is -2.27. The van der Waals surface area contributed by atoms with Gasteiger partial charge in [0.1, 0.15) is 0 Å². The Kier molecular flexibility index (Phi) is 3.67. The standard InChI is InChI=1S/C16H22N2/c1-16(2,3)15(17)9-7-12-6-8-13-5-4-10-18-14(13)11-12/h4-6,8,10-11,15H,7,9,17H2,1-3H3. The van der Waals surface area contributed by atoms with Crippen molar-refractivity contribution in [2.75, 3.05) is 0 Å². The molecule has 96 valence electrons. The molecule has 0 aliphatic carbocycles. The maximum absolute atomic E-state index is 6.20. The number of aromatic nitrogens is 1. The van der Waals surface area contributed by atoms with Gasteiger partial charge in [-0.25, -0.2) is 0 Å². The second kappa shape index (κ2) is 5.07. The van der Waals surface area contributed by atoms with E-state index in [1.54, 1.807) is 0 Å². The zero-order valence-corrected chi connectivity index (χ0v) is 11.5. The molecule has 18 heavy (non-hydrogen) atoms. The molecule has 1 heterocycles. The average Bonchev–Trinajstić information content (AvgIpc) is 2.34. The van der Waals surface area contributed by atoms with E-state index in [2.05, 4.69) is 50.0 Å². The molecule has 1 atom stereocenters. The molecule has 0 fully saturated rings. The molecule has 2 N–H and O–H groups in total. The van der Waals surface area contributed by atoms with Crippen LogP contribution in [0.25, 0.3) is 10.9 Å². The van der Waals surface area contributed by atoms with Gasteiger partial charge in [-0.15, -0.1) is 0 Å².